The van der Waals surface area contributed by atoms with Gasteiger partial charge in [0.1, 0.15) is 0 Å². The van der Waals surface area contributed by atoms with Crippen molar-refractivity contribution in [3.05, 3.63) is 90.4 Å². The predicted molar refractivity (Wildman–Crippen MR) is 153 cm³/mol. The lowest BCUT2D eigenvalue weighted by Gasteiger charge is -2.36. The van der Waals surface area contributed by atoms with Crippen LogP contribution in [-0.4, -0.2) is 58.5 Å². The maximum absolute atomic E-state index is 13.0. The third-order valence-electron chi connectivity index (χ3n) is 6.76. The molecule has 0 bridgehead atoms. The van der Waals surface area contributed by atoms with Crippen molar-refractivity contribution in [3.8, 4) is 11.3 Å². The standard InChI is InChI=1S/C30H33N7O/c1-3-15-36-16-18-37(19-17-36)26-10-7-23(8-11-26)29(38)33-25-9-6-22(2)28(20-25)35-30-32-14-12-27(34-30)24-5-4-13-31-21-24/h4-14,20-21H,3,15-19H2,1-2H3,(H,33,38)(H,32,34,35). The summed E-state index contributed by atoms with van der Waals surface area (Å²) >= 11 is 0. The Morgan fingerprint density at radius 1 is 0.974 bits per heavy atom. The van der Waals surface area contributed by atoms with E-state index in [1.165, 1.54) is 6.42 Å². The number of nitrogens with zero attached hydrogens (tertiary/aromatic N) is 5. The van der Waals surface area contributed by atoms with Gasteiger partial charge >= 0.3 is 0 Å². The van der Waals surface area contributed by atoms with Crippen LogP contribution in [0.5, 0.6) is 0 Å². The molecule has 1 aliphatic rings. The molecule has 4 aromatic rings. The molecule has 0 spiro atoms. The number of hydrogen-bond donors (Lipinski definition) is 2. The van der Waals surface area contributed by atoms with E-state index < -0.39 is 0 Å². The Labute approximate surface area is 223 Å². The minimum absolute atomic E-state index is 0.144. The Balaban J connectivity index is 1.23. The van der Waals surface area contributed by atoms with E-state index in [9.17, 15) is 4.79 Å². The smallest absolute Gasteiger partial charge is 0.255 e. The van der Waals surface area contributed by atoms with Crippen LogP contribution in [0.4, 0.5) is 23.0 Å². The van der Waals surface area contributed by atoms with Gasteiger partial charge in [-0.1, -0.05) is 13.0 Å². The second-order valence-electron chi connectivity index (χ2n) is 9.49. The number of pyridine rings is 1. The van der Waals surface area contributed by atoms with Gasteiger partial charge in [0.25, 0.3) is 5.91 Å². The number of aromatic nitrogens is 3. The highest BCUT2D eigenvalue weighted by Crippen LogP contribution is 2.25. The lowest BCUT2D eigenvalue weighted by Crippen LogP contribution is -2.46. The third-order valence-corrected chi connectivity index (χ3v) is 6.76. The van der Waals surface area contributed by atoms with Crippen LogP contribution >= 0.6 is 0 Å². The van der Waals surface area contributed by atoms with Crippen molar-refractivity contribution in [1.82, 2.24) is 19.9 Å². The van der Waals surface area contributed by atoms with E-state index in [0.717, 1.165) is 60.9 Å². The van der Waals surface area contributed by atoms with Crippen LogP contribution < -0.4 is 15.5 Å². The predicted octanol–water partition coefficient (Wildman–Crippen LogP) is 5.37. The van der Waals surface area contributed by atoms with Gasteiger partial charge in [-0.05, 0) is 80.1 Å². The summed E-state index contributed by atoms with van der Waals surface area (Å²) in [6, 6.07) is 19.3. The fourth-order valence-corrected chi connectivity index (χ4v) is 4.62. The quantitative estimate of drug-likeness (QED) is 0.331. The van der Waals surface area contributed by atoms with Crippen LogP contribution in [0.15, 0.2) is 79.3 Å². The molecule has 1 saturated heterocycles. The molecule has 0 unspecified atom stereocenters. The number of hydrogen-bond acceptors (Lipinski definition) is 7. The Bertz CT molecular complexity index is 1370. The Morgan fingerprint density at radius 3 is 2.53 bits per heavy atom. The van der Waals surface area contributed by atoms with Crippen LogP contribution in [0.3, 0.4) is 0 Å². The molecule has 2 N–H and O–H groups in total. The van der Waals surface area contributed by atoms with Crippen LogP contribution in [0, 0.1) is 6.92 Å². The van der Waals surface area contributed by atoms with E-state index in [2.05, 4.69) is 42.3 Å². The van der Waals surface area contributed by atoms with Crippen LogP contribution in [0.25, 0.3) is 11.3 Å². The second-order valence-corrected chi connectivity index (χ2v) is 9.49. The van der Waals surface area contributed by atoms with Gasteiger partial charge in [-0.15, -0.1) is 0 Å². The maximum atomic E-state index is 13.0. The average molecular weight is 508 g/mol. The molecule has 194 valence electrons. The summed E-state index contributed by atoms with van der Waals surface area (Å²) in [5.74, 6) is 0.331. The molecule has 1 amide bonds. The molecule has 5 rings (SSSR count). The van der Waals surface area contributed by atoms with E-state index >= 15 is 0 Å². The monoisotopic (exact) mass is 507 g/mol. The molecule has 2 aromatic carbocycles. The van der Waals surface area contributed by atoms with Crippen molar-refractivity contribution < 1.29 is 4.79 Å². The van der Waals surface area contributed by atoms with E-state index in [1.54, 1.807) is 18.6 Å². The highest BCUT2D eigenvalue weighted by molar-refractivity contribution is 6.04. The number of anilines is 4. The van der Waals surface area contributed by atoms with E-state index in [0.29, 0.717) is 17.2 Å². The van der Waals surface area contributed by atoms with E-state index in [4.69, 9.17) is 0 Å². The molecular weight excluding hydrogens is 474 g/mol. The van der Waals surface area contributed by atoms with Gasteiger partial charge in [0.2, 0.25) is 5.95 Å². The summed E-state index contributed by atoms with van der Waals surface area (Å²) in [4.78, 5) is 31.0. The Kier molecular flexibility index (Phi) is 7.89. The van der Waals surface area contributed by atoms with Crippen LogP contribution in [0.1, 0.15) is 29.3 Å². The molecule has 2 aromatic heterocycles. The summed E-state index contributed by atoms with van der Waals surface area (Å²) < 4.78 is 0. The number of benzene rings is 2. The van der Waals surface area contributed by atoms with Crippen molar-refractivity contribution >= 4 is 28.9 Å². The molecule has 8 heteroatoms. The average Bonchev–Trinajstić information content (AvgIpc) is 2.96. The topological polar surface area (TPSA) is 86.3 Å². The SMILES string of the molecule is CCCN1CCN(c2ccc(C(=O)Nc3ccc(C)c(Nc4nccc(-c5cccnc5)n4)c3)cc2)CC1. The summed E-state index contributed by atoms with van der Waals surface area (Å²) in [6.07, 6.45) is 6.41. The largest absolute Gasteiger partial charge is 0.369 e. The molecule has 38 heavy (non-hydrogen) atoms. The van der Waals surface area contributed by atoms with Gasteiger partial charge < -0.3 is 15.5 Å². The van der Waals surface area contributed by atoms with Crippen molar-refractivity contribution in [2.45, 2.75) is 20.3 Å². The van der Waals surface area contributed by atoms with E-state index in [-0.39, 0.29) is 5.91 Å². The molecule has 0 atom stereocenters. The number of amides is 1. The lowest BCUT2D eigenvalue weighted by atomic mass is 10.1. The second kappa shape index (κ2) is 11.8. The molecular formula is C30H33N7O. The Morgan fingerprint density at radius 2 is 1.79 bits per heavy atom. The third kappa shape index (κ3) is 6.15. The number of carbonyl (C=O) groups is 1. The number of carbonyl (C=O) groups excluding carboxylic acids is 1. The fourth-order valence-electron chi connectivity index (χ4n) is 4.62. The molecule has 0 radical (unpaired) electrons. The zero-order valence-corrected chi connectivity index (χ0v) is 21.9. The number of nitrogens with one attached hydrogen (secondary N) is 2. The minimum Gasteiger partial charge on any atom is -0.369 e. The molecule has 0 aliphatic carbocycles. The van der Waals surface area contributed by atoms with Gasteiger partial charge in [-0.25, -0.2) is 9.97 Å². The molecule has 3 heterocycles. The summed E-state index contributed by atoms with van der Waals surface area (Å²) in [5, 5.41) is 6.31. The van der Waals surface area contributed by atoms with Crippen molar-refractivity contribution in [3.63, 3.8) is 0 Å². The first-order chi connectivity index (χ1) is 18.6. The summed E-state index contributed by atoms with van der Waals surface area (Å²) in [5.41, 5.74) is 6.02. The minimum atomic E-state index is -0.144. The first-order valence-corrected chi connectivity index (χ1v) is 13.1. The zero-order valence-electron chi connectivity index (χ0n) is 21.9. The van der Waals surface area contributed by atoms with Gasteiger partial charge in [-0.2, -0.15) is 0 Å². The highest BCUT2D eigenvalue weighted by Gasteiger charge is 2.17. The zero-order chi connectivity index (χ0) is 26.3. The van der Waals surface area contributed by atoms with Gasteiger partial charge in [0, 0.05) is 73.0 Å². The Hall–Kier alpha value is -4.30. The van der Waals surface area contributed by atoms with E-state index in [1.807, 2.05) is 67.6 Å². The summed E-state index contributed by atoms with van der Waals surface area (Å²) in [7, 11) is 0. The number of piperazine rings is 1. The fraction of sp³-hybridized carbons (Fsp3) is 0.267. The van der Waals surface area contributed by atoms with Gasteiger partial charge in [0.15, 0.2) is 0 Å². The first kappa shape index (κ1) is 25.4. The molecule has 8 nitrogen and oxygen atoms in total. The van der Waals surface area contributed by atoms with Crippen LogP contribution in [0.2, 0.25) is 0 Å². The number of rotatable bonds is 8. The van der Waals surface area contributed by atoms with Crippen molar-refractivity contribution in [2.24, 2.45) is 0 Å². The molecule has 0 saturated carbocycles. The number of aryl methyl sites for hydroxylation is 1. The lowest BCUT2D eigenvalue weighted by molar-refractivity contribution is 0.102. The van der Waals surface area contributed by atoms with Gasteiger partial charge in [-0.3, -0.25) is 14.7 Å². The normalized spacial score (nSPS) is 13.8. The van der Waals surface area contributed by atoms with Crippen LogP contribution in [-0.2, 0) is 0 Å². The summed E-state index contributed by atoms with van der Waals surface area (Å²) in [6.45, 7) is 9.57. The highest BCUT2D eigenvalue weighted by atomic mass is 16.1. The van der Waals surface area contributed by atoms with Gasteiger partial charge in [0.05, 0.1) is 5.69 Å². The van der Waals surface area contributed by atoms with Crippen molar-refractivity contribution in [2.75, 3.05) is 48.3 Å². The molecule has 1 fully saturated rings. The maximum Gasteiger partial charge on any atom is 0.255 e. The van der Waals surface area contributed by atoms with Crippen molar-refractivity contribution in [1.29, 1.82) is 0 Å². The first-order valence-electron chi connectivity index (χ1n) is 13.1. The molecule has 1 aliphatic heterocycles.